The highest BCUT2D eigenvalue weighted by Crippen LogP contribution is 2.41. The van der Waals surface area contributed by atoms with Crippen LogP contribution in [0.15, 0.2) is 0 Å². The van der Waals surface area contributed by atoms with E-state index in [9.17, 15) is 4.79 Å². The fourth-order valence-corrected chi connectivity index (χ4v) is 3.10. The van der Waals surface area contributed by atoms with Crippen LogP contribution in [-0.4, -0.2) is 62.9 Å². The average Bonchev–Trinajstić information content (AvgIpc) is 3.29. The number of hydrogen-bond donors (Lipinski definition) is 1. The van der Waals surface area contributed by atoms with Crippen LogP contribution in [-0.2, 0) is 14.3 Å². The summed E-state index contributed by atoms with van der Waals surface area (Å²) in [5.74, 6) is 0.282. The lowest BCUT2D eigenvalue weighted by Gasteiger charge is -2.41. The normalized spacial score (nSPS) is 27.8. The molecule has 0 amide bonds. The first kappa shape index (κ1) is 14.8. The second-order valence-corrected chi connectivity index (χ2v) is 5.59. The Balaban J connectivity index is 2.12. The molecule has 5 heteroatoms. The highest BCUT2D eigenvalue weighted by atomic mass is 16.5. The van der Waals surface area contributed by atoms with Gasteiger partial charge in [-0.05, 0) is 32.2 Å². The van der Waals surface area contributed by atoms with E-state index >= 15 is 0 Å². The highest BCUT2D eigenvalue weighted by molar-refractivity contribution is 5.82. The van der Waals surface area contributed by atoms with Crippen molar-refractivity contribution >= 4 is 5.97 Å². The summed E-state index contributed by atoms with van der Waals surface area (Å²) in [6.45, 7) is 5.31. The molecule has 1 aliphatic carbocycles. The van der Waals surface area contributed by atoms with Crippen molar-refractivity contribution in [3.05, 3.63) is 0 Å². The fraction of sp³-hybridized carbons (Fsp3) is 0.929. The minimum absolute atomic E-state index is 0.126. The van der Waals surface area contributed by atoms with Crippen LogP contribution in [0.2, 0.25) is 0 Å². The number of likely N-dealkylation sites (N-methyl/N-ethyl adjacent to an activating group) is 1. The minimum atomic E-state index is -0.542. The van der Waals surface area contributed by atoms with Crippen LogP contribution in [0.25, 0.3) is 0 Å². The zero-order valence-corrected chi connectivity index (χ0v) is 12.3. The van der Waals surface area contributed by atoms with Gasteiger partial charge in [0.25, 0.3) is 0 Å². The molecule has 1 N–H and O–H groups in total. The maximum Gasteiger partial charge on any atom is 0.327 e. The third-order valence-corrected chi connectivity index (χ3v) is 4.54. The van der Waals surface area contributed by atoms with Crippen molar-refractivity contribution in [1.29, 1.82) is 0 Å². The number of hydrogen-bond acceptors (Lipinski definition) is 5. The SMILES string of the molecule is CCC1COCCN1CC(NC)(C(=O)OC)C1CC1. The first-order valence-corrected chi connectivity index (χ1v) is 7.27. The second kappa shape index (κ2) is 6.20. The predicted molar refractivity (Wildman–Crippen MR) is 73.0 cm³/mol. The summed E-state index contributed by atoms with van der Waals surface area (Å²) in [5, 5.41) is 3.26. The van der Waals surface area contributed by atoms with Gasteiger partial charge in [-0.1, -0.05) is 6.92 Å². The quantitative estimate of drug-likeness (QED) is 0.718. The van der Waals surface area contributed by atoms with Gasteiger partial charge in [-0.25, -0.2) is 4.79 Å². The number of nitrogens with zero attached hydrogens (tertiary/aromatic N) is 1. The summed E-state index contributed by atoms with van der Waals surface area (Å²) >= 11 is 0. The molecule has 19 heavy (non-hydrogen) atoms. The first-order chi connectivity index (χ1) is 9.17. The van der Waals surface area contributed by atoms with Crippen molar-refractivity contribution in [3.63, 3.8) is 0 Å². The molecule has 1 heterocycles. The smallest absolute Gasteiger partial charge is 0.327 e. The van der Waals surface area contributed by atoms with Crippen LogP contribution in [0.4, 0.5) is 0 Å². The molecule has 110 valence electrons. The Hall–Kier alpha value is -0.650. The zero-order valence-electron chi connectivity index (χ0n) is 12.3. The van der Waals surface area contributed by atoms with Gasteiger partial charge in [0.15, 0.2) is 0 Å². The number of rotatable bonds is 6. The van der Waals surface area contributed by atoms with E-state index in [-0.39, 0.29) is 5.97 Å². The van der Waals surface area contributed by atoms with Gasteiger partial charge < -0.3 is 14.8 Å². The second-order valence-electron chi connectivity index (χ2n) is 5.59. The van der Waals surface area contributed by atoms with E-state index in [0.717, 1.165) is 45.6 Å². The summed E-state index contributed by atoms with van der Waals surface area (Å²) in [6.07, 6.45) is 3.26. The lowest BCUT2D eigenvalue weighted by atomic mass is 9.91. The van der Waals surface area contributed by atoms with Crippen molar-refractivity contribution in [2.24, 2.45) is 5.92 Å². The Bertz CT molecular complexity index is 320. The van der Waals surface area contributed by atoms with E-state index < -0.39 is 5.54 Å². The lowest BCUT2D eigenvalue weighted by Crippen LogP contribution is -2.62. The first-order valence-electron chi connectivity index (χ1n) is 7.27. The molecule has 0 spiro atoms. The topological polar surface area (TPSA) is 50.8 Å². The molecule has 0 aromatic rings. The van der Waals surface area contributed by atoms with E-state index in [1.54, 1.807) is 0 Å². The molecule has 2 fully saturated rings. The van der Waals surface area contributed by atoms with Gasteiger partial charge in [0.2, 0.25) is 0 Å². The Labute approximate surface area is 115 Å². The van der Waals surface area contributed by atoms with Crippen molar-refractivity contribution in [2.75, 3.05) is 40.5 Å². The maximum absolute atomic E-state index is 12.3. The third-order valence-electron chi connectivity index (χ3n) is 4.54. The largest absolute Gasteiger partial charge is 0.468 e. The lowest BCUT2D eigenvalue weighted by molar-refractivity contribution is -0.151. The van der Waals surface area contributed by atoms with Gasteiger partial charge in [0.05, 0.1) is 20.3 Å². The number of morpholine rings is 1. The average molecular weight is 270 g/mol. The Kier molecular flexibility index (Phi) is 4.81. The molecule has 1 aliphatic heterocycles. The van der Waals surface area contributed by atoms with Gasteiger partial charge in [0.1, 0.15) is 5.54 Å². The van der Waals surface area contributed by atoms with Crippen molar-refractivity contribution in [2.45, 2.75) is 37.8 Å². The zero-order chi connectivity index (χ0) is 13.9. The Morgan fingerprint density at radius 1 is 1.53 bits per heavy atom. The number of nitrogens with one attached hydrogen (secondary N) is 1. The summed E-state index contributed by atoms with van der Waals surface area (Å²) in [4.78, 5) is 14.7. The van der Waals surface area contributed by atoms with E-state index in [0.29, 0.717) is 12.0 Å². The van der Waals surface area contributed by atoms with Crippen LogP contribution in [0.1, 0.15) is 26.2 Å². The van der Waals surface area contributed by atoms with E-state index in [4.69, 9.17) is 9.47 Å². The molecular formula is C14H26N2O3. The molecule has 0 radical (unpaired) electrons. The molecule has 2 unspecified atom stereocenters. The summed E-state index contributed by atoms with van der Waals surface area (Å²) < 4.78 is 10.6. The molecule has 1 saturated carbocycles. The number of carbonyl (C=O) groups excluding carboxylic acids is 1. The summed E-state index contributed by atoms with van der Waals surface area (Å²) in [6, 6.07) is 0.407. The molecule has 1 saturated heterocycles. The van der Waals surface area contributed by atoms with Crippen molar-refractivity contribution in [3.8, 4) is 0 Å². The van der Waals surface area contributed by atoms with Crippen LogP contribution in [0, 0.1) is 5.92 Å². The van der Waals surface area contributed by atoms with Gasteiger partial charge in [0, 0.05) is 19.1 Å². The summed E-state index contributed by atoms with van der Waals surface area (Å²) in [5.41, 5.74) is -0.542. The molecule has 5 nitrogen and oxygen atoms in total. The number of esters is 1. The molecule has 0 aromatic heterocycles. The number of ether oxygens (including phenoxy) is 2. The molecule has 0 bridgehead atoms. The van der Waals surface area contributed by atoms with Crippen molar-refractivity contribution < 1.29 is 14.3 Å². The monoisotopic (exact) mass is 270 g/mol. The fourth-order valence-electron chi connectivity index (χ4n) is 3.10. The Morgan fingerprint density at radius 3 is 2.79 bits per heavy atom. The van der Waals surface area contributed by atoms with E-state index in [1.807, 2.05) is 7.05 Å². The summed E-state index contributed by atoms with van der Waals surface area (Å²) in [7, 11) is 3.35. The van der Waals surface area contributed by atoms with Crippen molar-refractivity contribution in [1.82, 2.24) is 10.2 Å². The van der Waals surface area contributed by atoms with Gasteiger partial charge >= 0.3 is 5.97 Å². The van der Waals surface area contributed by atoms with Crippen LogP contribution in [0.3, 0.4) is 0 Å². The number of methoxy groups -OCH3 is 1. The van der Waals surface area contributed by atoms with Gasteiger partial charge in [-0.2, -0.15) is 0 Å². The molecular weight excluding hydrogens is 244 g/mol. The van der Waals surface area contributed by atoms with Gasteiger partial charge in [-0.15, -0.1) is 0 Å². The predicted octanol–water partition coefficient (Wildman–Crippen LogP) is 0.638. The van der Waals surface area contributed by atoms with E-state index in [1.165, 1.54) is 7.11 Å². The molecule has 2 aliphatic rings. The third kappa shape index (κ3) is 2.93. The minimum Gasteiger partial charge on any atom is -0.468 e. The number of carbonyl (C=O) groups is 1. The van der Waals surface area contributed by atoms with Crippen LogP contribution in [0.5, 0.6) is 0 Å². The van der Waals surface area contributed by atoms with E-state index in [2.05, 4.69) is 17.1 Å². The Morgan fingerprint density at radius 2 is 2.26 bits per heavy atom. The molecule has 0 aromatic carbocycles. The van der Waals surface area contributed by atoms with Crippen LogP contribution < -0.4 is 5.32 Å². The van der Waals surface area contributed by atoms with Crippen LogP contribution >= 0.6 is 0 Å². The highest BCUT2D eigenvalue weighted by Gasteiger charge is 2.52. The maximum atomic E-state index is 12.3. The molecule has 2 rings (SSSR count). The van der Waals surface area contributed by atoms with Gasteiger partial charge in [-0.3, -0.25) is 4.90 Å². The standard InChI is InChI=1S/C14H26N2O3/c1-4-12-9-19-8-7-16(12)10-14(15-2,11-5-6-11)13(17)18-3/h11-12,15H,4-10H2,1-3H3. The molecule has 2 atom stereocenters.